The van der Waals surface area contributed by atoms with Crippen LogP contribution in [0.15, 0.2) is 18.5 Å². The van der Waals surface area contributed by atoms with E-state index in [0.717, 1.165) is 37.0 Å². The fourth-order valence-electron chi connectivity index (χ4n) is 3.07. The topological polar surface area (TPSA) is 60.0 Å². The predicted octanol–water partition coefficient (Wildman–Crippen LogP) is 2.06. The lowest BCUT2D eigenvalue weighted by Gasteiger charge is -2.32. The van der Waals surface area contributed by atoms with Gasteiger partial charge in [0.15, 0.2) is 0 Å². The lowest BCUT2D eigenvalue weighted by atomic mass is 10.0. The molecule has 3 heterocycles. The van der Waals surface area contributed by atoms with Crippen LogP contribution in [0.25, 0.3) is 11.0 Å². The molecule has 0 amide bonds. The molecule has 1 fully saturated rings. The van der Waals surface area contributed by atoms with E-state index in [1.54, 1.807) is 6.20 Å². The molecule has 0 bridgehead atoms. The molecule has 5 nitrogen and oxygen atoms in total. The van der Waals surface area contributed by atoms with Crippen molar-refractivity contribution in [3.05, 3.63) is 18.5 Å². The van der Waals surface area contributed by atoms with E-state index in [9.17, 15) is 0 Å². The molecule has 5 heteroatoms. The number of imidazole rings is 1. The van der Waals surface area contributed by atoms with Crippen molar-refractivity contribution in [1.29, 1.82) is 0 Å². The highest BCUT2D eigenvalue weighted by Crippen LogP contribution is 2.29. The Balaban J connectivity index is 1.83. The Morgan fingerprint density at radius 2 is 2.16 bits per heavy atom. The summed E-state index contributed by atoms with van der Waals surface area (Å²) in [5.74, 6) is 0.622. The molecule has 1 saturated heterocycles. The third-order valence-corrected chi connectivity index (χ3v) is 3.98. The van der Waals surface area contributed by atoms with Crippen LogP contribution in [-0.4, -0.2) is 39.1 Å². The summed E-state index contributed by atoms with van der Waals surface area (Å²) < 4.78 is 2.19. The van der Waals surface area contributed by atoms with E-state index in [2.05, 4.69) is 26.4 Å². The normalized spacial score (nSPS) is 18.2. The maximum atomic E-state index is 6.09. The second-order valence-corrected chi connectivity index (χ2v) is 5.28. The number of fused-ring (bicyclic) bond motifs is 1. The van der Waals surface area contributed by atoms with E-state index < -0.39 is 0 Å². The summed E-state index contributed by atoms with van der Waals surface area (Å²) in [6.07, 6.45) is 7.13. The zero-order valence-electron chi connectivity index (χ0n) is 11.4. The van der Waals surface area contributed by atoms with E-state index in [0.29, 0.717) is 12.0 Å². The van der Waals surface area contributed by atoms with Gasteiger partial charge >= 0.3 is 0 Å². The second-order valence-electron chi connectivity index (χ2n) is 5.28. The summed E-state index contributed by atoms with van der Waals surface area (Å²) >= 11 is 0. The first-order valence-electron chi connectivity index (χ1n) is 7.09. The summed E-state index contributed by atoms with van der Waals surface area (Å²) in [6, 6.07) is 2.48. The quantitative estimate of drug-likeness (QED) is 0.916. The number of aromatic nitrogens is 3. The number of rotatable bonds is 3. The maximum absolute atomic E-state index is 6.09. The van der Waals surface area contributed by atoms with Crippen LogP contribution in [0.3, 0.4) is 0 Å². The van der Waals surface area contributed by atoms with Crippen molar-refractivity contribution in [2.75, 3.05) is 25.4 Å². The van der Waals surface area contributed by atoms with Gasteiger partial charge in [-0.15, -0.1) is 0 Å². The SMILES string of the molecule is CCCN1CCC(n2c(N)nc3cnccc32)CC1. The lowest BCUT2D eigenvalue weighted by Crippen LogP contribution is -2.35. The number of nitrogen functional groups attached to an aromatic ring is 1. The third kappa shape index (κ3) is 2.30. The Morgan fingerprint density at radius 3 is 2.89 bits per heavy atom. The summed E-state index contributed by atoms with van der Waals surface area (Å²) in [6.45, 7) is 5.75. The highest BCUT2D eigenvalue weighted by molar-refractivity contribution is 5.77. The predicted molar refractivity (Wildman–Crippen MR) is 76.9 cm³/mol. The van der Waals surface area contributed by atoms with Crippen LogP contribution in [0.5, 0.6) is 0 Å². The first kappa shape index (κ1) is 12.4. The van der Waals surface area contributed by atoms with Crippen molar-refractivity contribution >= 4 is 17.0 Å². The number of hydrogen-bond donors (Lipinski definition) is 1. The number of hydrogen-bond acceptors (Lipinski definition) is 4. The second kappa shape index (κ2) is 5.17. The van der Waals surface area contributed by atoms with Gasteiger partial charge in [-0.1, -0.05) is 6.92 Å². The Kier molecular flexibility index (Phi) is 3.38. The molecular weight excluding hydrogens is 238 g/mol. The summed E-state index contributed by atoms with van der Waals surface area (Å²) in [4.78, 5) is 11.1. The van der Waals surface area contributed by atoms with Gasteiger partial charge < -0.3 is 15.2 Å². The van der Waals surface area contributed by atoms with Crippen molar-refractivity contribution in [2.45, 2.75) is 32.2 Å². The monoisotopic (exact) mass is 259 g/mol. The van der Waals surface area contributed by atoms with Crippen LogP contribution < -0.4 is 5.73 Å². The molecule has 0 unspecified atom stereocenters. The van der Waals surface area contributed by atoms with E-state index in [1.807, 2.05) is 12.3 Å². The van der Waals surface area contributed by atoms with Crippen LogP contribution in [-0.2, 0) is 0 Å². The molecule has 1 aliphatic rings. The highest BCUT2D eigenvalue weighted by atomic mass is 15.2. The molecule has 0 spiro atoms. The Bertz CT molecular complexity index is 554. The van der Waals surface area contributed by atoms with Crippen LogP contribution in [0.4, 0.5) is 5.95 Å². The van der Waals surface area contributed by atoms with Gasteiger partial charge in [-0.3, -0.25) is 4.98 Å². The number of nitrogens with two attached hydrogens (primary N) is 1. The summed E-state index contributed by atoms with van der Waals surface area (Å²) in [5.41, 5.74) is 8.10. The van der Waals surface area contributed by atoms with E-state index >= 15 is 0 Å². The Morgan fingerprint density at radius 1 is 1.37 bits per heavy atom. The summed E-state index contributed by atoms with van der Waals surface area (Å²) in [5, 5.41) is 0. The molecule has 102 valence electrons. The van der Waals surface area contributed by atoms with E-state index in [1.165, 1.54) is 13.0 Å². The average Bonchev–Trinajstić information content (AvgIpc) is 2.76. The van der Waals surface area contributed by atoms with Gasteiger partial charge in [0.05, 0.1) is 11.7 Å². The Labute approximate surface area is 113 Å². The van der Waals surface area contributed by atoms with Gasteiger partial charge in [-0.05, 0) is 31.9 Å². The molecule has 19 heavy (non-hydrogen) atoms. The van der Waals surface area contributed by atoms with Crippen molar-refractivity contribution in [3.63, 3.8) is 0 Å². The number of pyridine rings is 1. The molecule has 1 aliphatic heterocycles. The first-order chi connectivity index (χ1) is 9.29. The molecule has 3 rings (SSSR count). The zero-order valence-corrected chi connectivity index (χ0v) is 11.4. The van der Waals surface area contributed by atoms with Crippen molar-refractivity contribution < 1.29 is 0 Å². The van der Waals surface area contributed by atoms with E-state index in [4.69, 9.17) is 5.73 Å². The first-order valence-corrected chi connectivity index (χ1v) is 7.09. The van der Waals surface area contributed by atoms with Crippen LogP contribution in [0, 0.1) is 0 Å². The lowest BCUT2D eigenvalue weighted by molar-refractivity contribution is 0.189. The number of anilines is 1. The standard InChI is InChI=1S/C14H21N5/c1-2-7-18-8-4-11(5-9-18)19-13-3-6-16-10-12(13)17-14(19)15/h3,6,10-11H,2,4-5,7-9H2,1H3,(H2,15,17). The maximum Gasteiger partial charge on any atom is 0.201 e. The molecule has 0 saturated carbocycles. The molecule has 0 aromatic carbocycles. The minimum Gasteiger partial charge on any atom is -0.369 e. The zero-order chi connectivity index (χ0) is 13.2. The van der Waals surface area contributed by atoms with E-state index in [-0.39, 0.29) is 0 Å². The fourth-order valence-corrected chi connectivity index (χ4v) is 3.07. The highest BCUT2D eigenvalue weighted by Gasteiger charge is 2.23. The van der Waals surface area contributed by atoms with Gasteiger partial charge in [-0.25, -0.2) is 4.98 Å². The minimum absolute atomic E-state index is 0.473. The number of nitrogens with zero attached hydrogens (tertiary/aromatic N) is 4. The van der Waals surface area contributed by atoms with Crippen molar-refractivity contribution in [1.82, 2.24) is 19.4 Å². The van der Waals surface area contributed by atoms with Crippen LogP contribution in [0.2, 0.25) is 0 Å². The molecule has 2 N–H and O–H groups in total. The van der Waals surface area contributed by atoms with Crippen LogP contribution >= 0.6 is 0 Å². The Hall–Kier alpha value is -1.62. The average molecular weight is 259 g/mol. The van der Waals surface area contributed by atoms with Gasteiger partial charge in [-0.2, -0.15) is 0 Å². The van der Waals surface area contributed by atoms with Crippen molar-refractivity contribution in [2.24, 2.45) is 0 Å². The smallest absolute Gasteiger partial charge is 0.201 e. The largest absolute Gasteiger partial charge is 0.369 e. The van der Waals surface area contributed by atoms with Gasteiger partial charge in [0.2, 0.25) is 5.95 Å². The van der Waals surface area contributed by atoms with Crippen LogP contribution in [0.1, 0.15) is 32.2 Å². The summed E-state index contributed by atoms with van der Waals surface area (Å²) in [7, 11) is 0. The molecule has 2 aromatic rings. The molecule has 0 radical (unpaired) electrons. The molecule has 0 aliphatic carbocycles. The van der Waals surface area contributed by atoms with Gasteiger partial charge in [0.25, 0.3) is 0 Å². The fraction of sp³-hybridized carbons (Fsp3) is 0.571. The van der Waals surface area contributed by atoms with Gasteiger partial charge in [0, 0.05) is 25.3 Å². The van der Waals surface area contributed by atoms with Crippen molar-refractivity contribution in [3.8, 4) is 0 Å². The minimum atomic E-state index is 0.473. The molecular formula is C14H21N5. The molecule has 0 atom stereocenters. The molecule has 2 aromatic heterocycles. The van der Waals surface area contributed by atoms with Gasteiger partial charge in [0.1, 0.15) is 5.52 Å². The third-order valence-electron chi connectivity index (χ3n) is 3.98. The number of likely N-dealkylation sites (tertiary alicyclic amines) is 1. The number of piperidine rings is 1.